The van der Waals surface area contributed by atoms with Crippen LogP contribution in [0.1, 0.15) is 5.56 Å². The molecule has 0 amide bonds. The number of anilines is 2. The zero-order valence-corrected chi connectivity index (χ0v) is 17.4. The van der Waals surface area contributed by atoms with Crippen molar-refractivity contribution < 1.29 is 21.9 Å². The predicted octanol–water partition coefficient (Wildman–Crippen LogP) is 3.59. The lowest BCUT2D eigenvalue weighted by Crippen LogP contribution is -2.36. The average Bonchev–Trinajstić information content (AvgIpc) is 2.79. The molecular formula is C22H21F2N3O3S. The van der Waals surface area contributed by atoms with Crippen LogP contribution in [-0.2, 0) is 21.3 Å². The summed E-state index contributed by atoms with van der Waals surface area (Å²) in [6.45, 7) is 2.61. The summed E-state index contributed by atoms with van der Waals surface area (Å²) in [5, 5.41) is 0. The van der Waals surface area contributed by atoms with Gasteiger partial charge >= 0.3 is 0 Å². The first kappa shape index (κ1) is 21.2. The van der Waals surface area contributed by atoms with Gasteiger partial charge < -0.3 is 9.64 Å². The highest BCUT2D eigenvalue weighted by Crippen LogP contribution is 2.27. The molecule has 0 saturated carbocycles. The first-order chi connectivity index (χ1) is 14.9. The molecule has 6 nitrogen and oxygen atoms in total. The quantitative estimate of drug-likeness (QED) is 0.580. The number of hydrogen-bond acceptors (Lipinski definition) is 5. The van der Waals surface area contributed by atoms with E-state index in [0.29, 0.717) is 37.6 Å². The van der Waals surface area contributed by atoms with E-state index >= 15 is 0 Å². The number of pyridine rings is 1. The first-order valence-electron chi connectivity index (χ1n) is 9.75. The third kappa shape index (κ3) is 4.83. The number of hydrogen-bond donors (Lipinski definition) is 0. The maximum atomic E-state index is 13.4. The van der Waals surface area contributed by atoms with Gasteiger partial charge in [0.1, 0.15) is 17.5 Å². The van der Waals surface area contributed by atoms with Crippen LogP contribution in [0.5, 0.6) is 0 Å². The minimum atomic E-state index is -4.02. The van der Waals surface area contributed by atoms with E-state index in [0.717, 1.165) is 18.0 Å². The number of morpholine rings is 1. The molecule has 1 aliphatic heterocycles. The molecule has 3 aromatic rings. The molecule has 2 aromatic carbocycles. The Kier molecular flexibility index (Phi) is 6.15. The number of sulfonamides is 1. The van der Waals surface area contributed by atoms with Crippen molar-refractivity contribution in [1.29, 1.82) is 0 Å². The molecule has 9 heteroatoms. The number of aromatic nitrogens is 1. The monoisotopic (exact) mass is 445 g/mol. The summed E-state index contributed by atoms with van der Waals surface area (Å²) < 4.78 is 59.9. The second kappa shape index (κ2) is 8.99. The van der Waals surface area contributed by atoms with E-state index in [1.807, 2.05) is 0 Å². The Bertz CT molecular complexity index is 1120. The Morgan fingerprint density at radius 1 is 0.903 bits per heavy atom. The summed E-state index contributed by atoms with van der Waals surface area (Å²) >= 11 is 0. The molecule has 1 fully saturated rings. The van der Waals surface area contributed by atoms with E-state index in [1.54, 1.807) is 12.1 Å². The number of ether oxygens (including phenoxy) is 1. The minimum absolute atomic E-state index is 0.0292. The Labute approximate surface area is 179 Å². The summed E-state index contributed by atoms with van der Waals surface area (Å²) in [5.74, 6) is -0.207. The fourth-order valence-corrected chi connectivity index (χ4v) is 4.75. The van der Waals surface area contributed by atoms with Crippen molar-refractivity contribution in [1.82, 2.24) is 4.98 Å². The summed E-state index contributed by atoms with van der Waals surface area (Å²) in [6, 6.07) is 13.7. The van der Waals surface area contributed by atoms with E-state index in [9.17, 15) is 17.2 Å². The van der Waals surface area contributed by atoms with E-state index in [-0.39, 0.29) is 11.4 Å². The second-order valence-corrected chi connectivity index (χ2v) is 8.93. The molecular weight excluding hydrogens is 424 g/mol. The Morgan fingerprint density at radius 2 is 1.52 bits per heavy atom. The normalized spacial score (nSPS) is 14.5. The van der Waals surface area contributed by atoms with Gasteiger partial charge in [-0.05, 0) is 54.1 Å². The van der Waals surface area contributed by atoms with Crippen LogP contribution in [0.25, 0.3) is 0 Å². The van der Waals surface area contributed by atoms with Gasteiger partial charge in [-0.2, -0.15) is 0 Å². The van der Waals surface area contributed by atoms with Crippen LogP contribution < -0.4 is 9.21 Å². The third-order valence-corrected chi connectivity index (χ3v) is 6.78. The van der Waals surface area contributed by atoms with E-state index < -0.39 is 21.7 Å². The lowest BCUT2D eigenvalue weighted by Gasteiger charge is -2.29. The van der Waals surface area contributed by atoms with Gasteiger partial charge in [0.2, 0.25) is 0 Å². The highest BCUT2D eigenvalue weighted by Gasteiger charge is 2.26. The molecule has 0 atom stereocenters. The molecule has 162 valence electrons. The Balaban J connectivity index is 1.69. The van der Waals surface area contributed by atoms with Crippen LogP contribution in [0.3, 0.4) is 0 Å². The van der Waals surface area contributed by atoms with Gasteiger partial charge in [0.15, 0.2) is 0 Å². The van der Waals surface area contributed by atoms with Crippen LogP contribution in [0, 0.1) is 11.6 Å². The van der Waals surface area contributed by atoms with Crippen molar-refractivity contribution >= 4 is 21.5 Å². The smallest absolute Gasteiger partial charge is 0.264 e. The molecule has 0 unspecified atom stereocenters. The second-order valence-electron chi connectivity index (χ2n) is 7.07. The van der Waals surface area contributed by atoms with Gasteiger partial charge in [0.25, 0.3) is 10.0 Å². The molecule has 31 heavy (non-hydrogen) atoms. The van der Waals surface area contributed by atoms with Gasteiger partial charge in [-0.1, -0.05) is 12.1 Å². The van der Waals surface area contributed by atoms with E-state index in [2.05, 4.69) is 9.88 Å². The van der Waals surface area contributed by atoms with Crippen molar-refractivity contribution in [3.05, 3.63) is 84.1 Å². The highest BCUT2D eigenvalue weighted by atomic mass is 32.2. The molecule has 0 N–H and O–H groups in total. The maximum Gasteiger partial charge on any atom is 0.264 e. The molecule has 2 heterocycles. The highest BCUT2D eigenvalue weighted by molar-refractivity contribution is 7.92. The van der Waals surface area contributed by atoms with Crippen molar-refractivity contribution in [2.45, 2.75) is 11.4 Å². The molecule has 4 rings (SSSR count). The molecule has 1 aromatic heterocycles. The molecule has 0 bridgehead atoms. The standard InChI is InChI=1S/C22H21F2N3O3S/c23-18-3-1-17(2-4-18)16-27(31(28,29)21-8-5-19(24)6-9-21)20-7-10-22(25-15-20)26-11-13-30-14-12-26/h1-10,15H,11-14,16H2. The Morgan fingerprint density at radius 3 is 2.10 bits per heavy atom. The molecule has 0 spiro atoms. The number of nitrogens with zero attached hydrogens (tertiary/aromatic N) is 3. The molecule has 1 saturated heterocycles. The van der Waals surface area contributed by atoms with Crippen molar-refractivity contribution in [3.8, 4) is 0 Å². The van der Waals surface area contributed by atoms with Gasteiger partial charge in [0, 0.05) is 13.1 Å². The zero-order chi connectivity index (χ0) is 21.8. The third-order valence-electron chi connectivity index (χ3n) is 5.00. The summed E-state index contributed by atoms with van der Waals surface area (Å²) in [4.78, 5) is 6.46. The molecule has 0 aliphatic carbocycles. The number of benzene rings is 2. The van der Waals surface area contributed by atoms with Crippen molar-refractivity contribution in [2.24, 2.45) is 0 Å². The van der Waals surface area contributed by atoms with E-state index in [4.69, 9.17) is 4.74 Å². The van der Waals surface area contributed by atoms with E-state index in [1.165, 1.54) is 46.9 Å². The summed E-state index contributed by atoms with van der Waals surface area (Å²) in [7, 11) is -4.02. The summed E-state index contributed by atoms with van der Waals surface area (Å²) in [6.07, 6.45) is 1.50. The van der Waals surface area contributed by atoms with Gasteiger partial charge in [-0.3, -0.25) is 4.31 Å². The molecule has 0 radical (unpaired) electrons. The lowest BCUT2D eigenvalue weighted by atomic mass is 10.2. The van der Waals surface area contributed by atoms with Gasteiger partial charge in [0.05, 0.1) is 36.5 Å². The van der Waals surface area contributed by atoms with Crippen LogP contribution in [0.15, 0.2) is 71.8 Å². The van der Waals surface area contributed by atoms with Gasteiger partial charge in [-0.25, -0.2) is 22.2 Å². The van der Waals surface area contributed by atoms with Crippen LogP contribution in [-0.4, -0.2) is 39.7 Å². The van der Waals surface area contributed by atoms with Crippen molar-refractivity contribution in [3.63, 3.8) is 0 Å². The van der Waals surface area contributed by atoms with Crippen molar-refractivity contribution in [2.75, 3.05) is 35.5 Å². The Hall–Kier alpha value is -3.04. The SMILES string of the molecule is O=S(=O)(c1ccc(F)cc1)N(Cc1ccc(F)cc1)c1ccc(N2CCOCC2)nc1. The van der Waals surface area contributed by atoms with Crippen LogP contribution in [0.4, 0.5) is 20.3 Å². The maximum absolute atomic E-state index is 13.4. The molecule has 1 aliphatic rings. The largest absolute Gasteiger partial charge is 0.378 e. The minimum Gasteiger partial charge on any atom is -0.378 e. The zero-order valence-electron chi connectivity index (χ0n) is 16.6. The first-order valence-corrected chi connectivity index (χ1v) is 11.2. The average molecular weight is 445 g/mol. The predicted molar refractivity (Wildman–Crippen MR) is 113 cm³/mol. The van der Waals surface area contributed by atoms with Gasteiger partial charge in [-0.15, -0.1) is 0 Å². The summed E-state index contributed by atoms with van der Waals surface area (Å²) in [5.41, 5.74) is 0.954. The van der Waals surface area contributed by atoms with Crippen LogP contribution in [0.2, 0.25) is 0 Å². The number of rotatable bonds is 6. The lowest BCUT2D eigenvalue weighted by molar-refractivity contribution is 0.122. The fourth-order valence-electron chi connectivity index (χ4n) is 3.31. The van der Waals surface area contributed by atoms with Crippen LogP contribution >= 0.6 is 0 Å². The topological polar surface area (TPSA) is 62.7 Å². The fraction of sp³-hybridized carbons (Fsp3) is 0.227. The number of halogens is 2.